The minimum atomic E-state index is 0.670. The van der Waals surface area contributed by atoms with E-state index >= 15 is 0 Å². The van der Waals surface area contributed by atoms with Crippen molar-refractivity contribution in [1.82, 2.24) is 0 Å². The number of hydrogen-bond donors (Lipinski definition) is 0. The molecular weight excluding hydrogens is 150 g/mol. The lowest BCUT2D eigenvalue weighted by molar-refractivity contribution is 0.149. The van der Waals surface area contributed by atoms with Crippen LogP contribution in [0, 0.1) is 29.3 Å². The predicted octanol–water partition coefficient (Wildman–Crippen LogP) is 2.31. The number of rotatable bonds is 2. The number of nitrogens with zero attached hydrogens (tertiary/aromatic N) is 1. The Labute approximate surface area is 73.5 Å². The third-order valence-corrected chi connectivity index (χ3v) is 3.37. The van der Waals surface area contributed by atoms with Crippen molar-refractivity contribution >= 4 is 0 Å². The van der Waals surface area contributed by atoms with Gasteiger partial charge in [-0.1, -0.05) is 12.8 Å². The molecule has 12 heavy (non-hydrogen) atoms. The van der Waals surface area contributed by atoms with E-state index < -0.39 is 0 Å². The maximum atomic E-state index is 8.27. The molecule has 2 aliphatic rings. The second-order valence-electron chi connectivity index (χ2n) is 4.28. The van der Waals surface area contributed by atoms with Gasteiger partial charge in [0.05, 0.1) is 0 Å². The van der Waals surface area contributed by atoms with Gasteiger partial charge in [-0.3, -0.25) is 0 Å². The van der Waals surface area contributed by atoms with E-state index in [2.05, 4.69) is 0 Å². The molecule has 0 aromatic rings. The van der Waals surface area contributed by atoms with Gasteiger partial charge in [0.2, 0.25) is 0 Å². The van der Waals surface area contributed by atoms with E-state index in [1.807, 2.05) is 0 Å². The molecular formula is C10H15NO. The van der Waals surface area contributed by atoms with E-state index in [0.717, 1.165) is 11.8 Å². The zero-order valence-corrected chi connectivity index (χ0v) is 7.33. The first-order valence-corrected chi connectivity index (χ1v) is 4.89. The molecule has 2 atom stereocenters. The van der Waals surface area contributed by atoms with Gasteiger partial charge in [0.15, 0.2) is 0 Å². The van der Waals surface area contributed by atoms with Crippen LogP contribution in [0.15, 0.2) is 0 Å². The fourth-order valence-corrected chi connectivity index (χ4v) is 2.94. The van der Waals surface area contributed by atoms with Crippen molar-refractivity contribution in [3.8, 4) is 6.26 Å². The summed E-state index contributed by atoms with van der Waals surface area (Å²) in [5, 5.41) is 8.27. The third kappa shape index (κ3) is 1.55. The monoisotopic (exact) mass is 165 g/mol. The van der Waals surface area contributed by atoms with Crippen LogP contribution in [0.1, 0.15) is 32.1 Å². The summed E-state index contributed by atoms with van der Waals surface area (Å²) in [6.07, 6.45) is 8.67. The molecule has 2 aliphatic carbocycles. The van der Waals surface area contributed by atoms with E-state index in [9.17, 15) is 0 Å². The van der Waals surface area contributed by atoms with Gasteiger partial charge >= 0.3 is 0 Å². The lowest BCUT2D eigenvalue weighted by atomic mass is 9.81. The first-order chi connectivity index (χ1) is 5.88. The van der Waals surface area contributed by atoms with E-state index in [1.165, 1.54) is 32.1 Å². The largest absolute Gasteiger partial charge is 0.427 e. The summed E-state index contributed by atoms with van der Waals surface area (Å²) < 4.78 is 4.80. The molecule has 2 saturated carbocycles. The quantitative estimate of drug-likeness (QED) is 0.588. The summed E-state index contributed by atoms with van der Waals surface area (Å²) in [7, 11) is 0. The number of ether oxygens (including phenoxy) is 1. The van der Waals surface area contributed by atoms with Gasteiger partial charge in [0, 0.05) is 0 Å². The molecule has 2 nitrogen and oxygen atoms in total. The Balaban J connectivity index is 1.82. The van der Waals surface area contributed by atoms with Gasteiger partial charge in [-0.2, -0.15) is 5.26 Å². The molecule has 0 heterocycles. The Hall–Kier alpha value is -0.710. The third-order valence-electron chi connectivity index (χ3n) is 3.37. The van der Waals surface area contributed by atoms with E-state index in [0.29, 0.717) is 12.5 Å². The highest BCUT2D eigenvalue weighted by Crippen LogP contribution is 2.44. The van der Waals surface area contributed by atoms with Crippen molar-refractivity contribution in [3.63, 3.8) is 0 Å². The summed E-state index contributed by atoms with van der Waals surface area (Å²) in [4.78, 5) is 0. The van der Waals surface area contributed by atoms with Crippen LogP contribution in [-0.4, -0.2) is 6.61 Å². The van der Waals surface area contributed by atoms with Crippen LogP contribution in [0.25, 0.3) is 0 Å². The second kappa shape index (κ2) is 3.35. The summed E-state index contributed by atoms with van der Waals surface area (Å²) >= 11 is 0. The van der Waals surface area contributed by atoms with Crippen LogP contribution in [0.5, 0.6) is 0 Å². The molecule has 0 aliphatic heterocycles. The van der Waals surface area contributed by atoms with Crippen LogP contribution < -0.4 is 0 Å². The molecule has 0 spiro atoms. The van der Waals surface area contributed by atoms with Crippen molar-refractivity contribution in [1.29, 1.82) is 5.26 Å². The van der Waals surface area contributed by atoms with Crippen molar-refractivity contribution in [2.45, 2.75) is 32.1 Å². The number of hydrogen-bond acceptors (Lipinski definition) is 2. The molecule has 2 rings (SSSR count). The molecule has 2 fully saturated rings. The molecule has 0 aromatic heterocycles. The Morgan fingerprint density at radius 1 is 1.17 bits per heavy atom. The Morgan fingerprint density at radius 3 is 2.42 bits per heavy atom. The lowest BCUT2D eigenvalue weighted by Gasteiger charge is -2.26. The van der Waals surface area contributed by atoms with E-state index in [1.54, 1.807) is 6.26 Å². The maximum Gasteiger partial charge on any atom is 0.286 e. The van der Waals surface area contributed by atoms with Gasteiger partial charge in [-0.05, 0) is 37.0 Å². The predicted molar refractivity (Wildman–Crippen MR) is 45.1 cm³/mol. The summed E-state index contributed by atoms with van der Waals surface area (Å²) in [6, 6.07) is 0. The molecule has 2 bridgehead atoms. The minimum Gasteiger partial charge on any atom is -0.427 e. The van der Waals surface area contributed by atoms with Crippen LogP contribution in [0.2, 0.25) is 0 Å². The highest BCUT2D eigenvalue weighted by Gasteiger charge is 2.34. The van der Waals surface area contributed by atoms with Crippen molar-refractivity contribution < 1.29 is 4.74 Å². The first-order valence-electron chi connectivity index (χ1n) is 4.89. The van der Waals surface area contributed by atoms with Crippen molar-refractivity contribution in [3.05, 3.63) is 0 Å². The van der Waals surface area contributed by atoms with E-state index in [4.69, 9.17) is 10.00 Å². The van der Waals surface area contributed by atoms with Crippen LogP contribution in [0.3, 0.4) is 0 Å². The number of fused-ring (bicyclic) bond motifs is 2. The zero-order chi connectivity index (χ0) is 8.39. The second-order valence-corrected chi connectivity index (χ2v) is 4.28. The summed E-state index contributed by atoms with van der Waals surface area (Å²) in [6.45, 7) is 0.670. The van der Waals surface area contributed by atoms with Crippen LogP contribution in [-0.2, 0) is 4.74 Å². The SMILES string of the molecule is N#COCC1CC2CCC(C2)C1. The van der Waals surface area contributed by atoms with Crippen molar-refractivity contribution in [2.75, 3.05) is 6.61 Å². The molecule has 0 amide bonds. The molecule has 0 N–H and O–H groups in total. The molecule has 0 saturated heterocycles. The van der Waals surface area contributed by atoms with Gasteiger partial charge in [0.1, 0.15) is 6.61 Å². The Bertz CT molecular complexity index is 185. The lowest BCUT2D eigenvalue weighted by Crippen LogP contribution is -2.19. The fourth-order valence-electron chi connectivity index (χ4n) is 2.94. The first kappa shape index (κ1) is 7.91. The van der Waals surface area contributed by atoms with Crippen LogP contribution in [0.4, 0.5) is 0 Å². The van der Waals surface area contributed by atoms with Gasteiger partial charge in [-0.25, -0.2) is 0 Å². The minimum absolute atomic E-state index is 0.670. The van der Waals surface area contributed by atoms with Crippen molar-refractivity contribution in [2.24, 2.45) is 17.8 Å². The zero-order valence-electron chi connectivity index (χ0n) is 7.33. The topological polar surface area (TPSA) is 33.0 Å². The van der Waals surface area contributed by atoms with E-state index in [-0.39, 0.29) is 0 Å². The average molecular weight is 165 g/mol. The van der Waals surface area contributed by atoms with Gasteiger partial charge < -0.3 is 4.74 Å². The maximum absolute atomic E-state index is 8.27. The van der Waals surface area contributed by atoms with Gasteiger partial charge in [-0.15, -0.1) is 0 Å². The fraction of sp³-hybridized carbons (Fsp3) is 0.900. The molecule has 2 heteroatoms. The number of nitriles is 1. The summed E-state index contributed by atoms with van der Waals surface area (Å²) in [5.41, 5.74) is 0. The normalized spacial score (nSPS) is 39.1. The Kier molecular flexibility index (Phi) is 2.21. The van der Waals surface area contributed by atoms with Gasteiger partial charge in [0.25, 0.3) is 6.26 Å². The smallest absolute Gasteiger partial charge is 0.286 e. The Morgan fingerprint density at radius 2 is 1.83 bits per heavy atom. The van der Waals surface area contributed by atoms with Crippen LogP contribution >= 0.6 is 0 Å². The molecule has 66 valence electrons. The standard InChI is InChI=1S/C10H15NO/c11-7-12-6-10-4-8-1-2-9(3-8)5-10/h8-10H,1-6H2. The highest BCUT2D eigenvalue weighted by atomic mass is 16.5. The average Bonchev–Trinajstić information content (AvgIpc) is 2.42. The molecule has 0 radical (unpaired) electrons. The highest BCUT2D eigenvalue weighted by molar-refractivity contribution is 4.85. The molecule has 2 unspecified atom stereocenters. The summed E-state index contributed by atoms with van der Waals surface area (Å²) in [5.74, 6) is 2.59. The molecule has 0 aromatic carbocycles.